The normalized spacial score (nSPS) is 22.4. The molecule has 48 heavy (non-hydrogen) atoms. The highest BCUT2D eigenvalue weighted by molar-refractivity contribution is 5.86. The van der Waals surface area contributed by atoms with E-state index in [0.29, 0.717) is 28.5 Å². The smallest absolute Gasteiger partial charge is 0.164 e. The minimum absolute atomic E-state index is 0.373. The van der Waals surface area contributed by atoms with Gasteiger partial charge in [-0.2, -0.15) is 5.26 Å². The number of hydrogen-bond donors (Lipinski definition) is 0. The summed E-state index contributed by atoms with van der Waals surface area (Å²) in [5.74, 6) is 4.59. The molecule has 0 saturated heterocycles. The van der Waals surface area contributed by atoms with Gasteiger partial charge in [0, 0.05) is 22.3 Å². The number of nitrogens with zero attached hydrogens (tertiary/aromatic N) is 4. The monoisotopic (exact) mass is 620 g/mol. The fourth-order valence-electron chi connectivity index (χ4n) is 9.46. The van der Waals surface area contributed by atoms with Gasteiger partial charge < -0.3 is 0 Å². The van der Waals surface area contributed by atoms with E-state index in [-0.39, 0.29) is 0 Å². The minimum Gasteiger partial charge on any atom is -0.208 e. The Balaban J connectivity index is 1.16. The summed E-state index contributed by atoms with van der Waals surface area (Å²) in [4.78, 5) is 15.3. The van der Waals surface area contributed by atoms with Crippen LogP contribution in [-0.4, -0.2) is 15.0 Å². The van der Waals surface area contributed by atoms with Gasteiger partial charge in [0.15, 0.2) is 17.5 Å². The van der Waals surface area contributed by atoms with Crippen LogP contribution >= 0.6 is 0 Å². The average molecular weight is 621 g/mol. The van der Waals surface area contributed by atoms with Crippen molar-refractivity contribution in [2.75, 3.05) is 0 Å². The van der Waals surface area contributed by atoms with Gasteiger partial charge in [0.1, 0.15) is 0 Å². The van der Waals surface area contributed by atoms with Crippen LogP contribution in [0.1, 0.15) is 49.7 Å². The predicted octanol–water partition coefficient (Wildman–Crippen LogP) is 10.5. The largest absolute Gasteiger partial charge is 0.208 e. The average Bonchev–Trinajstić information content (AvgIpc) is 3.14. The summed E-state index contributed by atoms with van der Waals surface area (Å²) in [6, 6.07) is 46.1. The van der Waals surface area contributed by atoms with E-state index in [9.17, 15) is 5.26 Å². The number of benzene rings is 5. The molecule has 4 heteroatoms. The Kier molecular flexibility index (Phi) is 7.01. The van der Waals surface area contributed by atoms with Gasteiger partial charge in [-0.25, -0.2) is 15.0 Å². The van der Waals surface area contributed by atoms with Gasteiger partial charge in [-0.15, -0.1) is 0 Å². The molecule has 0 amide bonds. The van der Waals surface area contributed by atoms with Crippen LogP contribution in [0, 0.1) is 29.1 Å². The van der Waals surface area contributed by atoms with E-state index in [2.05, 4.69) is 54.6 Å². The zero-order valence-corrected chi connectivity index (χ0v) is 26.9. The molecule has 4 bridgehead atoms. The van der Waals surface area contributed by atoms with Gasteiger partial charge in [-0.3, -0.25) is 0 Å². The second-order valence-electron chi connectivity index (χ2n) is 14.2. The molecular formula is C44H36N4. The highest BCUT2D eigenvalue weighted by Gasteiger charge is 2.51. The van der Waals surface area contributed by atoms with Crippen molar-refractivity contribution in [3.63, 3.8) is 0 Å². The Morgan fingerprint density at radius 2 is 0.938 bits per heavy atom. The maximum atomic E-state index is 9.92. The quantitative estimate of drug-likeness (QED) is 0.186. The Morgan fingerprint density at radius 1 is 0.458 bits per heavy atom. The molecule has 10 rings (SSSR count). The maximum Gasteiger partial charge on any atom is 0.164 e. The SMILES string of the molecule is N#Cc1ccccc1-c1ccccc1-c1nc(-c2ccccc2)nc(-c2ccccc2-c2ccc(C34CC5CC(CC(C5)C3)C4)cc2)n1. The Bertz CT molecular complexity index is 2140. The van der Waals surface area contributed by atoms with Gasteiger partial charge in [0.2, 0.25) is 0 Å². The van der Waals surface area contributed by atoms with Gasteiger partial charge >= 0.3 is 0 Å². The Morgan fingerprint density at radius 3 is 1.54 bits per heavy atom. The summed E-state index contributed by atoms with van der Waals surface area (Å²) in [7, 11) is 0. The molecule has 4 saturated carbocycles. The van der Waals surface area contributed by atoms with E-state index in [1.54, 1.807) is 0 Å². The molecule has 0 atom stereocenters. The molecule has 0 N–H and O–H groups in total. The van der Waals surface area contributed by atoms with E-state index in [1.165, 1.54) is 49.7 Å². The fourth-order valence-corrected chi connectivity index (χ4v) is 9.46. The predicted molar refractivity (Wildman–Crippen MR) is 192 cm³/mol. The summed E-state index contributed by atoms with van der Waals surface area (Å²) in [5, 5.41) is 9.92. The van der Waals surface area contributed by atoms with Crippen molar-refractivity contribution in [3.8, 4) is 62.5 Å². The van der Waals surface area contributed by atoms with Crippen LogP contribution in [0.25, 0.3) is 56.4 Å². The summed E-state index contributed by atoms with van der Waals surface area (Å²) in [6.07, 6.45) is 8.47. The minimum atomic E-state index is 0.373. The molecule has 4 aliphatic carbocycles. The van der Waals surface area contributed by atoms with Crippen molar-refractivity contribution in [3.05, 3.63) is 139 Å². The first kappa shape index (κ1) is 28.8. The standard InChI is InChI=1S/C44H36N4/c45-28-34-12-4-5-14-37(34)38-15-7-9-17-40(38)43-47-41(33-10-2-1-3-11-33)46-42(48-43)39-16-8-6-13-36(39)32-18-20-35(21-19-32)44-25-29-22-30(26-44)24-31(23-29)27-44/h1-21,29-31H,22-27H2. The third kappa shape index (κ3) is 5.02. The summed E-state index contributed by atoms with van der Waals surface area (Å²) >= 11 is 0. The number of aromatic nitrogens is 3. The van der Waals surface area contributed by atoms with Crippen LogP contribution < -0.4 is 0 Å². The first-order valence-electron chi connectivity index (χ1n) is 17.3. The van der Waals surface area contributed by atoms with Crippen molar-refractivity contribution in [1.29, 1.82) is 5.26 Å². The zero-order valence-electron chi connectivity index (χ0n) is 26.9. The second-order valence-corrected chi connectivity index (χ2v) is 14.2. The molecule has 232 valence electrons. The molecule has 0 unspecified atom stereocenters. The lowest BCUT2D eigenvalue weighted by Crippen LogP contribution is -2.48. The molecule has 4 nitrogen and oxygen atoms in total. The van der Waals surface area contributed by atoms with Crippen LogP contribution in [0.5, 0.6) is 0 Å². The van der Waals surface area contributed by atoms with E-state index in [0.717, 1.165) is 51.1 Å². The first-order chi connectivity index (χ1) is 23.7. The Hall–Kier alpha value is -5.40. The van der Waals surface area contributed by atoms with Gasteiger partial charge in [-0.05, 0) is 90.0 Å². The fraction of sp³-hybridized carbons (Fsp3) is 0.227. The molecule has 0 aliphatic heterocycles. The van der Waals surface area contributed by atoms with Crippen molar-refractivity contribution in [2.24, 2.45) is 17.8 Å². The van der Waals surface area contributed by atoms with Gasteiger partial charge in [0.05, 0.1) is 11.6 Å². The van der Waals surface area contributed by atoms with Crippen LogP contribution in [0.3, 0.4) is 0 Å². The van der Waals surface area contributed by atoms with Crippen molar-refractivity contribution in [2.45, 2.75) is 43.9 Å². The summed E-state index contributed by atoms with van der Waals surface area (Å²) in [6.45, 7) is 0. The molecule has 0 spiro atoms. The van der Waals surface area contributed by atoms with E-state index in [4.69, 9.17) is 15.0 Å². The second kappa shape index (κ2) is 11.7. The van der Waals surface area contributed by atoms with Crippen molar-refractivity contribution >= 4 is 0 Å². The van der Waals surface area contributed by atoms with E-state index >= 15 is 0 Å². The lowest BCUT2D eigenvalue weighted by Gasteiger charge is -2.57. The molecule has 4 aliphatic rings. The molecule has 4 fully saturated rings. The number of rotatable bonds is 6. The number of hydrogen-bond acceptors (Lipinski definition) is 4. The zero-order chi connectivity index (χ0) is 32.1. The summed E-state index contributed by atoms with van der Waals surface area (Å²) < 4.78 is 0. The van der Waals surface area contributed by atoms with E-state index < -0.39 is 0 Å². The molecule has 6 aromatic rings. The third-order valence-corrected chi connectivity index (χ3v) is 11.2. The van der Waals surface area contributed by atoms with Crippen LogP contribution in [0.4, 0.5) is 0 Å². The lowest BCUT2D eigenvalue weighted by atomic mass is 9.48. The molecule has 5 aromatic carbocycles. The molecule has 0 radical (unpaired) electrons. The Labute approximate surface area is 282 Å². The highest BCUT2D eigenvalue weighted by Crippen LogP contribution is 2.60. The molecular weight excluding hydrogens is 585 g/mol. The molecule has 1 heterocycles. The maximum absolute atomic E-state index is 9.92. The van der Waals surface area contributed by atoms with Gasteiger partial charge in [0.25, 0.3) is 0 Å². The van der Waals surface area contributed by atoms with Crippen LogP contribution in [0.2, 0.25) is 0 Å². The van der Waals surface area contributed by atoms with Crippen molar-refractivity contribution in [1.82, 2.24) is 15.0 Å². The van der Waals surface area contributed by atoms with E-state index in [1.807, 2.05) is 78.9 Å². The summed E-state index contributed by atoms with van der Waals surface area (Å²) in [5.41, 5.74) is 9.33. The lowest BCUT2D eigenvalue weighted by molar-refractivity contribution is -0.00518. The third-order valence-electron chi connectivity index (χ3n) is 11.2. The van der Waals surface area contributed by atoms with Crippen molar-refractivity contribution < 1.29 is 0 Å². The van der Waals surface area contributed by atoms with Gasteiger partial charge in [-0.1, -0.05) is 121 Å². The van der Waals surface area contributed by atoms with Crippen LogP contribution in [0.15, 0.2) is 127 Å². The first-order valence-corrected chi connectivity index (χ1v) is 17.3. The van der Waals surface area contributed by atoms with Crippen LogP contribution in [-0.2, 0) is 5.41 Å². The topological polar surface area (TPSA) is 62.5 Å². The number of nitriles is 1. The molecule has 1 aromatic heterocycles. The highest BCUT2D eigenvalue weighted by atomic mass is 15.0.